The maximum absolute atomic E-state index is 10.8. The number of aliphatic hydroxyl groups is 4. The van der Waals surface area contributed by atoms with E-state index in [0.717, 1.165) is 6.92 Å². The van der Waals surface area contributed by atoms with Gasteiger partial charge in [-0.3, -0.25) is 9.59 Å². The van der Waals surface area contributed by atoms with Crippen LogP contribution in [0.25, 0.3) is 0 Å². The quantitative estimate of drug-likeness (QED) is 0.210. The number of carbonyl (C=O) groups excluding carboxylic acids is 3. The molecule has 0 amide bonds. The fourth-order valence-corrected chi connectivity index (χ4v) is 0.915. The van der Waals surface area contributed by atoms with Crippen LogP contribution in [0.15, 0.2) is 0 Å². The standard InChI is InChI=1S/C9H14O8/c1-4(12)9(16)17-6(3-11)8(15)7(14)5(13)2-10/h3,5-8,10,13-15H,2H2,1H3/t5-,6-,7-,8-/m1/s1. The van der Waals surface area contributed by atoms with Crippen molar-refractivity contribution >= 4 is 18.0 Å². The highest BCUT2D eigenvalue weighted by molar-refractivity contribution is 6.32. The predicted molar refractivity (Wildman–Crippen MR) is 51.7 cm³/mol. The third kappa shape index (κ3) is 4.57. The van der Waals surface area contributed by atoms with Crippen molar-refractivity contribution in [2.75, 3.05) is 6.61 Å². The highest BCUT2D eigenvalue weighted by Gasteiger charge is 2.34. The van der Waals surface area contributed by atoms with E-state index >= 15 is 0 Å². The molecule has 4 atom stereocenters. The first-order chi connectivity index (χ1) is 7.84. The number of hydrogen-bond acceptors (Lipinski definition) is 8. The molecular formula is C9H14O8. The molecule has 0 saturated carbocycles. The van der Waals surface area contributed by atoms with Gasteiger partial charge in [0.2, 0.25) is 5.78 Å². The Morgan fingerprint density at radius 2 is 1.76 bits per heavy atom. The van der Waals surface area contributed by atoms with Gasteiger partial charge in [0.05, 0.1) is 6.61 Å². The van der Waals surface area contributed by atoms with Crippen LogP contribution in [0.1, 0.15) is 6.92 Å². The number of aliphatic hydroxyl groups excluding tert-OH is 4. The molecule has 0 aromatic rings. The van der Waals surface area contributed by atoms with E-state index in [1.807, 2.05) is 0 Å². The van der Waals surface area contributed by atoms with Gasteiger partial charge in [-0.2, -0.15) is 0 Å². The monoisotopic (exact) mass is 250 g/mol. The third-order valence-corrected chi connectivity index (χ3v) is 1.93. The summed E-state index contributed by atoms with van der Waals surface area (Å²) in [6.07, 6.45) is -7.35. The summed E-state index contributed by atoms with van der Waals surface area (Å²) in [5.41, 5.74) is 0. The summed E-state index contributed by atoms with van der Waals surface area (Å²) in [4.78, 5) is 31.9. The Kier molecular flexibility index (Phi) is 6.51. The van der Waals surface area contributed by atoms with E-state index in [1.54, 1.807) is 0 Å². The van der Waals surface area contributed by atoms with E-state index in [0.29, 0.717) is 0 Å². The smallest absolute Gasteiger partial charge is 0.375 e. The van der Waals surface area contributed by atoms with Gasteiger partial charge in [-0.15, -0.1) is 0 Å². The third-order valence-electron chi connectivity index (χ3n) is 1.93. The molecule has 8 nitrogen and oxygen atoms in total. The second-order valence-corrected chi connectivity index (χ2v) is 3.29. The first-order valence-corrected chi connectivity index (χ1v) is 4.67. The van der Waals surface area contributed by atoms with Crippen LogP contribution in [-0.4, -0.2) is 69.5 Å². The molecule has 0 aliphatic carbocycles. The number of carbonyl (C=O) groups is 3. The molecule has 0 unspecified atom stereocenters. The van der Waals surface area contributed by atoms with Gasteiger partial charge in [0, 0.05) is 6.92 Å². The number of aldehydes is 1. The molecule has 0 fully saturated rings. The average Bonchev–Trinajstić information content (AvgIpc) is 2.32. The van der Waals surface area contributed by atoms with E-state index < -0.39 is 42.8 Å². The summed E-state index contributed by atoms with van der Waals surface area (Å²) in [6, 6.07) is 0. The van der Waals surface area contributed by atoms with Crippen LogP contribution < -0.4 is 0 Å². The van der Waals surface area contributed by atoms with E-state index in [9.17, 15) is 24.6 Å². The fraction of sp³-hybridized carbons (Fsp3) is 0.667. The Morgan fingerprint density at radius 1 is 1.24 bits per heavy atom. The molecule has 0 aromatic carbocycles. The molecule has 0 bridgehead atoms. The summed E-state index contributed by atoms with van der Waals surface area (Å²) in [5, 5.41) is 36.1. The molecule has 17 heavy (non-hydrogen) atoms. The maximum atomic E-state index is 10.8. The minimum Gasteiger partial charge on any atom is -0.446 e. The highest BCUT2D eigenvalue weighted by atomic mass is 16.6. The van der Waals surface area contributed by atoms with E-state index in [4.69, 9.17) is 10.2 Å². The highest BCUT2D eigenvalue weighted by Crippen LogP contribution is 2.07. The van der Waals surface area contributed by atoms with Crippen LogP contribution in [0.4, 0.5) is 0 Å². The topological polar surface area (TPSA) is 141 Å². The van der Waals surface area contributed by atoms with Gasteiger partial charge in [-0.05, 0) is 0 Å². The summed E-state index contributed by atoms with van der Waals surface area (Å²) in [5.74, 6) is -2.34. The van der Waals surface area contributed by atoms with Crippen LogP contribution >= 0.6 is 0 Å². The van der Waals surface area contributed by atoms with Gasteiger partial charge in [0.25, 0.3) is 0 Å². The fourth-order valence-electron chi connectivity index (χ4n) is 0.915. The zero-order chi connectivity index (χ0) is 13.6. The first kappa shape index (κ1) is 15.7. The molecule has 8 heteroatoms. The number of Topliss-reactive ketones (excluding diaryl/α,β-unsaturated/α-hetero) is 1. The Labute approximate surface area is 96.4 Å². The summed E-state index contributed by atoms with van der Waals surface area (Å²) >= 11 is 0. The lowest BCUT2D eigenvalue weighted by Crippen LogP contribution is -2.48. The lowest BCUT2D eigenvalue weighted by atomic mass is 10.0. The Hall–Kier alpha value is -1.35. The summed E-state index contributed by atoms with van der Waals surface area (Å²) in [7, 11) is 0. The zero-order valence-corrected chi connectivity index (χ0v) is 9.02. The van der Waals surface area contributed by atoms with Crippen molar-refractivity contribution in [2.45, 2.75) is 31.3 Å². The Bertz CT molecular complexity index is 289. The van der Waals surface area contributed by atoms with Gasteiger partial charge >= 0.3 is 5.97 Å². The second kappa shape index (κ2) is 7.07. The first-order valence-electron chi connectivity index (χ1n) is 4.67. The Morgan fingerprint density at radius 3 is 2.12 bits per heavy atom. The van der Waals surface area contributed by atoms with Gasteiger partial charge in [0.15, 0.2) is 12.4 Å². The second-order valence-electron chi connectivity index (χ2n) is 3.29. The molecule has 0 aliphatic heterocycles. The van der Waals surface area contributed by atoms with Crippen LogP contribution in [-0.2, 0) is 19.1 Å². The molecule has 0 rings (SSSR count). The number of hydrogen-bond donors (Lipinski definition) is 4. The lowest BCUT2D eigenvalue weighted by molar-refractivity contribution is -0.170. The van der Waals surface area contributed by atoms with Crippen molar-refractivity contribution in [3.05, 3.63) is 0 Å². The summed E-state index contributed by atoms with van der Waals surface area (Å²) in [6.45, 7) is 0.0417. The van der Waals surface area contributed by atoms with E-state index in [2.05, 4.69) is 4.74 Å². The van der Waals surface area contributed by atoms with Crippen LogP contribution in [0.5, 0.6) is 0 Å². The van der Waals surface area contributed by atoms with Crippen molar-refractivity contribution in [1.82, 2.24) is 0 Å². The number of esters is 1. The van der Waals surface area contributed by atoms with Crippen molar-refractivity contribution in [3.63, 3.8) is 0 Å². The molecule has 0 radical (unpaired) electrons. The molecule has 98 valence electrons. The lowest BCUT2D eigenvalue weighted by Gasteiger charge is -2.25. The largest absolute Gasteiger partial charge is 0.446 e. The minimum absolute atomic E-state index is 0.00117. The zero-order valence-electron chi connectivity index (χ0n) is 9.02. The van der Waals surface area contributed by atoms with Crippen LogP contribution in [0, 0.1) is 0 Å². The normalized spacial score (nSPS) is 17.7. The van der Waals surface area contributed by atoms with Gasteiger partial charge in [-0.1, -0.05) is 0 Å². The molecule has 0 aliphatic rings. The number of ether oxygens (including phenoxy) is 1. The molecule has 0 saturated heterocycles. The summed E-state index contributed by atoms with van der Waals surface area (Å²) < 4.78 is 4.28. The van der Waals surface area contributed by atoms with Crippen LogP contribution in [0.2, 0.25) is 0 Å². The predicted octanol–water partition coefficient (Wildman–Crippen LogP) is -3.24. The van der Waals surface area contributed by atoms with Crippen molar-refractivity contribution in [1.29, 1.82) is 0 Å². The molecule has 0 heterocycles. The Balaban J connectivity index is 4.60. The van der Waals surface area contributed by atoms with Gasteiger partial charge in [-0.25, -0.2) is 4.79 Å². The van der Waals surface area contributed by atoms with Crippen molar-refractivity contribution in [3.8, 4) is 0 Å². The van der Waals surface area contributed by atoms with Crippen LogP contribution in [0.3, 0.4) is 0 Å². The van der Waals surface area contributed by atoms with E-state index in [-0.39, 0.29) is 6.29 Å². The molecule has 0 spiro atoms. The van der Waals surface area contributed by atoms with Crippen molar-refractivity contribution in [2.24, 2.45) is 0 Å². The number of ketones is 1. The van der Waals surface area contributed by atoms with Crippen molar-refractivity contribution < 1.29 is 39.5 Å². The molecular weight excluding hydrogens is 236 g/mol. The maximum Gasteiger partial charge on any atom is 0.375 e. The van der Waals surface area contributed by atoms with Gasteiger partial charge in [0.1, 0.15) is 18.3 Å². The molecule has 0 aromatic heterocycles. The van der Waals surface area contributed by atoms with E-state index in [1.165, 1.54) is 0 Å². The average molecular weight is 250 g/mol. The van der Waals surface area contributed by atoms with Gasteiger partial charge < -0.3 is 25.2 Å². The minimum atomic E-state index is -1.95. The SMILES string of the molecule is CC(=O)C(=O)O[C@H](C=O)[C@@H](O)[C@H](O)[C@H](O)CO. The molecule has 4 N–H and O–H groups in total. The number of rotatable bonds is 7.